The van der Waals surface area contributed by atoms with Gasteiger partial charge in [-0.2, -0.15) is 0 Å². The van der Waals surface area contributed by atoms with Crippen LogP contribution in [0.2, 0.25) is 0 Å². The van der Waals surface area contributed by atoms with Gasteiger partial charge in [0.25, 0.3) is 0 Å². The van der Waals surface area contributed by atoms with Gasteiger partial charge < -0.3 is 22.9 Å². The molecule has 0 fully saturated rings. The van der Waals surface area contributed by atoms with Crippen molar-refractivity contribution in [2.75, 3.05) is 6.54 Å². The second kappa shape index (κ2) is 36.9. The molecule has 0 aliphatic rings. The van der Waals surface area contributed by atoms with E-state index in [1.807, 2.05) is 104 Å². The van der Waals surface area contributed by atoms with Crippen LogP contribution >= 0.6 is 0 Å². The smallest absolute Gasteiger partial charge is 0.150 e. The Balaban J connectivity index is -0.000000175. The predicted octanol–water partition coefficient (Wildman–Crippen LogP) is 11.6. The molecule has 0 saturated carbocycles. The number of ketones is 6. The Morgan fingerprint density at radius 3 is 0.781 bits per heavy atom. The summed E-state index contributed by atoms with van der Waals surface area (Å²) in [4.78, 5) is 71.9. The molecular weight excluding hydrogens is 801 g/mol. The molecule has 0 heterocycles. The van der Waals surface area contributed by atoms with Gasteiger partial charge in [-0.15, -0.1) is 0 Å². The summed E-state index contributed by atoms with van der Waals surface area (Å²) in [7, 11) is 0. The normalized spacial score (nSPS) is 14.4. The van der Waals surface area contributed by atoms with Crippen LogP contribution < -0.4 is 22.9 Å². The number of carbonyl (C=O) groups is 6. The van der Waals surface area contributed by atoms with Gasteiger partial charge in [0.2, 0.25) is 0 Å². The Labute approximate surface area is 397 Å². The van der Waals surface area contributed by atoms with E-state index in [1.54, 1.807) is 13.8 Å². The van der Waals surface area contributed by atoms with Crippen molar-refractivity contribution in [3.05, 3.63) is 0 Å². The average molecular weight is 914 g/mol. The standard InChI is InChI=1S/C16H32N2O2.2C13H25NO2.3C4H10/c1-11(2)14(18)13(19)10-12(8-6-7-9-17)15(20)16(3,4)5;2*1-8(2)11(14)10(15)7-9(3)12(16)13(4,5)6;3*1-4(2)3/h11-12,14H,6-10,17-18H2,1-5H3;2*8-9,11H,7,14H2,1-6H3;3*4H,1-3H3. The second-order valence-electron chi connectivity index (χ2n) is 24.1. The first-order valence-electron chi connectivity index (χ1n) is 24.6. The Kier molecular flexibility index (Phi) is 42.4. The van der Waals surface area contributed by atoms with Gasteiger partial charge in [0.15, 0.2) is 5.78 Å². The maximum atomic E-state index is 12.5. The molecule has 384 valence electrons. The van der Waals surface area contributed by atoms with Gasteiger partial charge in [-0.1, -0.05) is 186 Å². The van der Waals surface area contributed by atoms with Crippen LogP contribution in [0.25, 0.3) is 0 Å². The van der Waals surface area contributed by atoms with E-state index in [4.69, 9.17) is 22.9 Å². The van der Waals surface area contributed by atoms with Gasteiger partial charge in [-0.05, 0) is 54.9 Å². The monoisotopic (exact) mass is 913 g/mol. The highest BCUT2D eigenvalue weighted by atomic mass is 16.2. The third kappa shape index (κ3) is 43.7. The summed E-state index contributed by atoms with van der Waals surface area (Å²) in [6.45, 7) is 52.2. The number of nitrogens with two attached hydrogens (primary N) is 4. The number of Topliss-reactive ketones (excluding diaryl/α,β-unsaturated/α-hetero) is 6. The van der Waals surface area contributed by atoms with E-state index in [2.05, 4.69) is 62.3 Å². The van der Waals surface area contributed by atoms with Gasteiger partial charge in [-0.3, -0.25) is 28.8 Å². The van der Waals surface area contributed by atoms with Gasteiger partial charge in [0.05, 0.1) is 18.1 Å². The topological polar surface area (TPSA) is 206 Å². The van der Waals surface area contributed by atoms with Crippen LogP contribution in [0.1, 0.15) is 219 Å². The molecule has 0 aliphatic carbocycles. The number of hydrogen-bond acceptors (Lipinski definition) is 10. The van der Waals surface area contributed by atoms with Crippen LogP contribution in [0.15, 0.2) is 0 Å². The lowest BCUT2D eigenvalue weighted by Gasteiger charge is -2.25. The minimum atomic E-state index is -0.472. The van der Waals surface area contributed by atoms with Crippen molar-refractivity contribution in [2.45, 2.75) is 237 Å². The molecule has 0 spiro atoms. The maximum Gasteiger partial charge on any atom is 0.150 e. The first-order chi connectivity index (χ1) is 28.4. The zero-order chi connectivity index (χ0) is 52.8. The Bertz CT molecular complexity index is 1190. The Hall–Kier alpha value is -2.14. The molecule has 6 unspecified atom stereocenters. The number of hydrogen-bond donors (Lipinski definition) is 4. The predicted molar refractivity (Wildman–Crippen MR) is 277 cm³/mol. The van der Waals surface area contributed by atoms with Crippen LogP contribution in [0.3, 0.4) is 0 Å². The number of carbonyl (C=O) groups excluding carboxylic acids is 6. The summed E-state index contributed by atoms with van der Waals surface area (Å²) < 4.78 is 0. The first-order valence-corrected chi connectivity index (χ1v) is 24.6. The quantitative estimate of drug-likeness (QED) is 0.0902. The third-order valence-electron chi connectivity index (χ3n) is 9.22. The molecule has 0 aliphatic heterocycles. The van der Waals surface area contributed by atoms with Crippen molar-refractivity contribution in [3.63, 3.8) is 0 Å². The fourth-order valence-corrected chi connectivity index (χ4v) is 5.51. The second-order valence-corrected chi connectivity index (χ2v) is 24.1. The highest BCUT2D eigenvalue weighted by Crippen LogP contribution is 2.27. The summed E-state index contributed by atoms with van der Waals surface area (Å²) in [6.07, 6.45) is 3.28. The van der Waals surface area contributed by atoms with E-state index in [-0.39, 0.29) is 100 Å². The lowest BCUT2D eigenvalue weighted by molar-refractivity contribution is -0.134. The average Bonchev–Trinajstić information content (AvgIpc) is 3.10. The highest BCUT2D eigenvalue weighted by molar-refractivity contribution is 5.94. The van der Waals surface area contributed by atoms with E-state index < -0.39 is 23.5 Å². The minimum absolute atomic E-state index is 0.00431. The molecule has 0 aromatic heterocycles. The molecule has 0 radical (unpaired) electrons. The maximum absolute atomic E-state index is 12.5. The molecule has 0 bridgehead atoms. The fraction of sp³-hybridized carbons (Fsp3) is 0.889. The molecular formula is C54H112N4O6. The molecule has 0 amide bonds. The van der Waals surface area contributed by atoms with Gasteiger partial charge in [0, 0.05) is 53.3 Å². The zero-order valence-corrected chi connectivity index (χ0v) is 47.1. The SMILES string of the molecule is CC(C)C.CC(C)C.CC(C)C.CC(C)C(N)C(=O)CC(CCCCN)C(=O)C(C)(C)C.CC(CC(=O)C(N)C(C)C)C(=O)C(C)(C)C.CC(CC(=O)C(N)C(C)C)C(=O)C(C)(C)C. The summed E-state index contributed by atoms with van der Waals surface area (Å²) in [5, 5.41) is 0. The summed E-state index contributed by atoms with van der Waals surface area (Å²) >= 11 is 0. The molecule has 0 aromatic carbocycles. The zero-order valence-electron chi connectivity index (χ0n) is 47.1. The fourth-order valence-electron chi connectivity index (χ4n) is 5.51. The summed E-state index contributed by atoms with van der Waals surface area (Å²) in [5.74, 6) is 2.53. The molecule has 8 N–H and O–H groups in total. The van der Waals surface area contributed by atoms with Crippen LogP contribution in [0.4, 0.5) is 0 Å². The molecule has 64 heavy (non-hydrogen) atoms. The van der Waals surface area contributed by atoms with E-state index in [0.717, 1.165) is 37.0 Å². The van der Waals surface area contributed by atoms with Crippen molar-refractivity contribution >= 4 is 34.7 Å². The Morgan fingerprint density at radius 1 is 0.375 bits per heavy atom. The lowest BCUT2D eigenvalue weighted by atomic mass is 9.78. The van der Waals surface area contributed by atoms with Crippen LogP contribution in [0.5, 0.6) is 0 Å². The lowest BCUT2D eigenvalue weighted by Crippen LogP contribution is -2.39. The van der Waals surface area contributed by atoms with Crippen molar-refractivity contribution in [1.82, 2.24) is 0 Å². The molecule has 6 atom stereocenters. The first kappa shape index (κ1) is 73.4. The molecule has 0 aromatic rings. The van der Waals surface area contributed by atoms with E-state index in [9.17, 15) is 28.8 Å². The number of rotatable bonds is 19. The van der Waals surface area contributed by atoms with E-state index in [0.29, 0.717) is 6.54 Å². The third-order valence-corrected chi connectivity index (χ3v) is 9.22. The molecule has 0 rings (SSSR count). The van der Waals surface area contributed by atoms with Crippen LogP contribution in [-0.2, 0) is 28.8 Å². The summed E-state index contributed by atoms with van der Waals surface area (Å²) in [5.41, 5.74) is 21.7. The van der Waals surface area contributed by atoms with Crippen molar-refractivity contribution in [1.29, 1.82) is 0 Å². The van der Waals surface area contributed by atoms with Gasteiger partial charge >= 0.3 is 0 Å². The van der Waals surface area contributed by atoms with Crippen LogP contribution in [0, 0.1) is 69.5 Å². The summed E-state index contributed by atoms with van der Waals surface area (Å²) in [6, 6.07) is -1.37. The van der Waals surface area contributed by atoms with Crippen molar-refractivity contribution in [2.24, 2.45) is 92.4 Å². The van der Waals surface area contributed by atoms with Crippen molar-refractivity contribution in [3.8, 4) is 0 Å². The van der Waals surface area contributed by atoms with E-state index in [1.165, 1.54) is 0 Å². The van der Waals surface area contributed by atoms with Crippen molar-refractivity contribution < 1.29 is 28.8 Å². The Morgan fingerprint density at radius 2 is 0.594 bits per heavy atom. The minimum Gasteiger partial charge on any atom is -0.330 e. The van der Waals surface area contributed by atoms with Gasteiger partial charge in [0.1, 0.15) is 28.9 Å². The highest BCUT2D eigenvalue weighted by Gasteiger charge is 2.33. The van der Waals surface area contributed by atoms with E-state index >= 15 is 0 Å². The molecule has 10 heteroatoms. The van der Waals surface area contributed by atoms with Crippen LogP contribution in [-0.4, -0.2) is 59.4 Å². The molecule has 10 nitrogen and oxygen atoms in total. The molecule has 0 saturated heterocycles. The van der Waals surface area contributed by atoms with Gasteiger partial charge in [-0.25, -0.2) is 0 Å². The number of unbranched alkanes of at least 4 members (excludes halogenated alkanes) is 1. The largest absolute Gasteiger partial charge is 0.330 e.